The van der Waals surface area contributed by atoms with Crippen LogP contribution in [0.4, 0.5) is 5.82 Å². The van der Waals surface area contributed by atoms with Gasteiger partial charge < -0.3 is 4.90 Å². The van der Waals surface area contributed by atoms with Crippen molar-refractivity contribution in [3.8, 4) is 0 Å². The molecule has 2 aliphatic heterocycles. The number of anilines is 1. The van der Waals surface area contributed by atoms with E-state index in [0.29, 0.717) is 6.04 Å². The Kier molecular flexibility index (Phi) is 6.29. The van der Waals surface area contributed by atoms with Gasteiger partial charge in [0.25, 0.3) is 0 Å². The standard InChI is InChI=1S/C20H35N5/c1-5-16(3)13-23-8-7-18-19(14-23)21-15-22-20(18)25-11-9-24(10-12-25)17(4)6-2/h15-17H,5-14H2,1-4H3. The Labute approximate surface area is 153 Å². The van der Waals surface area contributed by atoms with Crippen LogP contribution in [0.2, 0.25) is 0 Å². The second-order valence-corrected chi connectivity index (χ2v) is 7.90. The lowest BCUT2D eigenvalue weighted by Crippen LogP contribution is -2.50. The largest absolute Gasteiger partial charge is 0.354 e. The fraction of sp³-hybridized carbons (Fsp3) is 0.800. The van der Waals surface area contributed by atoms with Gasteiger partial charge in [-0.15, -0.1) is 0 Å². The Balaban J connectivity index is 1.66. The average Bonchev–Trinajstić information content (AvgIpc) is 2.66. The third-order valence-electron chi connectivity index (χ3n) is 6.16. The van der Waals surface area contributed by atoms with Crippen LogP contribution in [0.1, 0.15) is 51.8 Å². The first-order chi connectivity index (χ1) is 12.1. The summed E-state index contributed by atoms with van der Waals surface area (Å²) in [4.78, 5) is 17.0. The van der Waals surface area contributed by atoms with Gasteiger partial charge in [-0.1, -0.05) is 27.2 Å². The minimum atomic E-state index is 0.690. The van der Waals surface area contributed by atoms with Gasteiger partial charge in [-0.2, -0.15) is 0 Å². The van der Waals surface area contributed by atoms with Gasteiger partial charge in [0, 0.05) is 57.4 Å². The topological polar surface area (TPSA) is 35.5 Å². The highest BCUT2D eigenvalue weighted by atomic mass is 15.3. The van der Waals surface area contributed by atoms with Gasteiger partial charge in [-0.3, -0.25) is 9.80 Å². The lowest BCUT2D eigenvalue weighted by Gasteiger charge is -2.40. The summed E-state index contributed by atoms with van der Waals surface area (Å²) in [5, 5.41) is 0. The molecule has 5 nitrogen and oxygen atoms in total. The predicted octanol–water partition coefficient (Wildman–Crippen LogP) is 2.80. The maximum absolute atomic E-state index is 4.69. The van der Waals surface area contributed by atoms with Crippen molar-refractivity contribution in [2.24, 2.45) is 5.92 Å². The van der Waals surface area contributed by atoms with E-state index in [2.05, 4.69) is 52.4 Å². The zero-order chi connectivity index (χ0) is 17.8. The minimum Gasteiger partial charge on any atom is -0.354 e. The molecule has 5 heteroatoms. The third kappa shape index (κ3) is 4.32. The highest BCUT2D eigenvalue weighted by molar-refractivity contribution is 5.50. The van der Waals surface area contributed by atoms with Crippen LogP contribution in [0, 0.1) is 5.92 Å². The first kappa shape index (κ1) is 18.6. The van der Waals surface area contributed by atoms with Gasteiger partial charge in [0.15, 0.2) is 0 Å². The van der Waals surface area contributed by atoms with E-state index < -0.39 is 0 Å². The van der Waals surface area contributed by atoms with E-state index >= 15 is 0 Å². The summed E-state index contributed by atoms with van der Waals surface area (Å²) in [5.41, 5.74) is 2.66. The predicted molar refractivity (Wildman–Crippen MR) is 104 cm³/mol. The normalized spacial score (nSPS) is 21.8. The molecule has 1 aromatic heterocycles. The summed E-state index contributed by atoms with van der Waals surface area (Å²) in [7, 11) is 0. The number of hydrogen-bond acceptors (Lipinski definition) is 5. The molecule has 1 saturated heterocycles. The molecule has 0 aromatic carbocycles. The Hall–Kier alpha value is -1.20. The average molecular weight is 346 g/mol. The lowest BCUT2D eigenvalue weighted by atomic mass is 10.0. The molecular weight excluding hydrogens is 310 g/mol. The fourth-order valence-electron chi connectivity index (χ4n) is 4.02. The monoisotopic (exact) mass is 345 g/mol. The van der Waals surface area contributed by atoms with E-state index in [0.717, 1.165) is 51.6 Å². The van der Waals surface area contributed by atoms with Crippen LogP contribution in [0.5, 0.6) is 0 Å². The number of fused-ring (bicyclic) bond motifs is 1. The molecule has 140 valence electrons. The van der Waals surface area contributed by atoms with Gasteiger partial charge in [-0.25, -0.2) is 9.97 Å². The van der Waals surface area contributed by atoms with Crippen molar-refractivity contribution in [3.63, 3.8) is 0 Å². The molecule has 2 aliphatic rings. The lowest BCUT2D eigenvalue weighted by molar-refractivity contribution is 0.191. The number of piperazine rings is 1. The summed E-state index contributed by atoms with van der Waals surface area (Å²) < 4.78 is 0. The molecule has 0 amide bonds. The maximum atomic E-state index is 4.69. The molecule has 2 unspecified atom stereocenters. The molecule has 0 N–H and O–H groups in total. The number of aromatic nitrogens is 2. The smallest absolute Gasteiger partial charge is 0.135 e. The van der Waals surface area contributed by atoms with E-state index in [1.54, 1.807) is 6.33 Å². The summed E-state index contributed by atoms with van der Waals surface area (Å²) in [6, 6.07) is 0.690. The highest BCUT2D eigenvalue weighted by Gasteiger charge is 2.27. The number of nitrogens with zero attached hydrogens (tertiary/aromatic N) is 5. The van der Waals surface area contributed by atoms with Crippen LogP contribution in [0.3, 0.4) is 0 Å². The quantitative estimate of drug-likeness (QED) is 0.792. The molecule has 1 fully saturated rings. The minimum absolute atomic E-state index is 0.690. The van der Waals surface area contributed by atoms with E-state index in [9.17, 15) is 0 Å². The molecule has 0 bridgehead atoms. The molecule has 2 atom stereocenters. The second kappa shape index (κ2) is 8.45. The second-order valence-electron chi connectivity index (χ2n) is 7.90. The van der Waals surface area contributed by atoms with Gasteiger partial charge >= 0.3 is 0 Å². The van der Waals surface area contributed by atoms with Gasteiger partial charge in [0.05, 0.1) is 5.69 Å². The van der Waals surface area contributed by atoms with Crippen molar-refractivity contribution >= 4 is 5.82 Å². The van der Waals surface area contributed by atoms with Crippen molar-refractivity contribution in [2.75, 3.05) is 44.2 Å². The Bertz CT molecular complexity index is 553. The summed E-state index contributed by atoms with van der Waals surface area (Å²) in [6.07, 6.45) is 5.35. The van der Waals surface area contributed by atoms with E-state index in [1.807, 2.05) is 0 Å². The fourth-order valence-corrected chi connectivity index (χ4v) is 4.02. The molecule has 0 aliphatic carbocycles. The molecule has 1 aromatic rings. The van der Waals surface area contributed by atoms with E-state index in [-0.39, 0.29) is 0 Å². The van der Waals surface area contributed by atoms with Gasteiger partial charge in [0.1, 0.15) is 12.1 Å². The zero-order valence-corrected chi connectivity index (χ0v) is 16.5. The summed E-state index contributed by atoms with van der Waals surface area (Å²) in [5.74, 6) is 1.97. The highest BCUT2D eigenvalue weighted by Crippen LogP contribution is 2.27. The summed E-state index contributed by atoms with van der Waals surface area (Å²) >= 11 is 0. The van der Waals surface area contributed by atoms with Crippen LogP contribution < -0.4 is 4.90 Å². The third-order valence-corrected chi connectivity index (χ3v) is 6.16. The van der Waals surface area contributed by atoms with Gasteiger partial charge in [0.2, 0.25) is 0 Å². The SMILES string of the molecule is CCC(C)CN1CCc2c(ncnc2N2CCN(C(C)CC)CC2)C1. The molecule has 3 rings (SSSR count). The molecule has 0 spiro atoms. The summed E-state index contributed by atoms with van der Waals surface area (Å²) in [6.45, 7) is 17.0. The van der Waals surface area contributed by atoms with Crippen molar-refractivity contribution in [2.45, 2.75) is 59.5 Å². The first-order valence-corrected chi connectivity index (χ1v) is 10.2. The zero-order valence-electron chi connectivity index (χ0n) is 16.5. The first-order valence-electron chi connectivity index (χ1n) is 10.2. The van der Waals surface area contributed by atoms with Crippen molar-refractivity contribution in [3.05, 3.63) is 17.6 Å². The number of hydrogen-bond donors (Lipinski definition) is 0. The van der Waals surface area contributed by atoms with Crippen molar-refractivity contribution < 1.29 is 0 Å². The van der Waals surface area contributed by atoms with Crippen LogP contribution >= 0.6 is 0 Å². The van der Waals surface area contributed by atoms with E-state index in [4.69, 9.17) is 0 Å². The Morgan fingerprint density at radius 1 is 1.00 bits per heavy atom. The maximum Gasteiger partial charge on any atom is 0.135 e. The van der Waals surface area contributed by atoms with Crippen LogP contribution in [-0.2, 0) is 13.0 Å². The molecule has 25 heavy (non-hydrogen) atoms. The Morgan fingerprint density at radius 2 is 1.76 bits per heavy atom. The Morgan fingerprint density at radius 3 is 2.44 bits per heavy atom. The van der Waals surface area contributed by atoms with Gasteiger partial charge in [-0.05, 0) is 25.7 Å². The van der Waals surface area contributed by atoms with Crippen molar-refractivity contribution in [1.82, 2.24) is 19.8 Å². The number of rotatable bonds is 6. The van der Waals surface area contributed by atoms with Crippen LogP contribution in [-0.4, -0.2) is 65.1 Å². The molecule has 3 heterocycles. The molecule has 0 radical (unpaired) electrons. The van der Waals surface area contributed by atoms with Crippen LogP contribution in [0.25, 0.3) is 0 Å². The van der Waals surface area contributed by atoms with E-state index in [1.165, 1.54) is 36.5 Å². The molecule has 0 saturated carbocycles. The molecular formula is C20H35N5. The van der Waals surface area contributed by atoms with Crippen LogP contribution in [0.15, 0.2) is 6.33 Å². The van der Waals surface area contributed by atoms with Crippen molar-refractivity contribution in [1.29, 1.82) is 0 Å².